The van der Waals surface area contributed by atoms with Crippen LogP contribution in [0.25, 0.3) is 10.8 Å². The minimum Gasteiger partial charge on any atom is -0.308 e. The molecule has 3 rings (SSSR count). The van der Waals surface area contributed by atoms with Gasteiger partial charge in [0.1, 0.15) is 5.82 Å². The average molecular weight is 429 g/mol. The SMILES string of the molecule is CCN(C(=O)c1cc(S(=O)(=O)N(CC)CC)ccc1F)c1cccc2ccccc12. The summed E-state index contributed by atoms with van der Waals surface area (Å²) in [5, 5.41) is 1.82. The van der Waals surface area contributed by atoms with Crippen molar-refractivity contribution in [2.45, 2.75) is 25.7 Å². The molecule has 7 heteroatoms. The van der Waals surface area contributed by atoms with Gasteiger partial charge in [0.2, 0.25) is 10.0 Å². The lowest BCUT2D eigenvalue weighted by Crippen LogP contribution is -2.33. The number of anilines is 1. The first kappa shape index (κ1) is 21.9. The number of hydrogen-bond donors (Lipinski definition) is 0. The van der Waals surface area contributed by atoms with Crippen molar-refractivity contribution in [2.75, 3.05) is 24.5 Å². The van der Waals surface area contributed by atoms with E-state index in [9.17, 15) is 17.6 Å². The Hall–Kier alpha value is -2.77. The maximum atomic E-state index is 14.6. The average Bonchev–Trinajstić information content (AvgIpc) is 2.75. The third kappa shape index (κ3) is 3.95. The van der Waals surface area contributed by atoms with E-state index in [-0.39, 0.29) is 23.5 Å². The fourth-order valence-corrected chi connectivity index (χ4v) is 5.04. The van der Waals surface area contributed by atoms with Crippen molar-refractivity contribution in [1.29, 1.82) is 0 Å². The van der Waals surface area contributed by atoms with Gasteiger partial charge in [0.25, 0.3) is 5.91 Å². The van der Waals surface area contributed by atoms with Crippen LogP contribution in [-0.4, -0.2) is 38.3 Å². The molecule has 0 radical (unpaired) electrons. The summed E-state index contributed by atoms with van der Waals surface area (Å²) in [4.78, 5) is 14.7. The Bertz CT molecular complexity index is 1170. The molecule has 0 N–H and O–H groups in total. The number of rotatable bonds is 7. The fraction of sp³-hybridized carbons (Fsp3) is 0.261. The first-order chi connectivity index (χ1) is 14.3. The summed E-state index contributed by atoms with van der Waals surface area (Å²) < 4.78 is 41.6. The Balaban J connectivity index is 2.09. The molecular weight excluding hydrogens is 403 g/mol. The molecule has 0 spiro atoms. The van der Waals surface area contributed by atoms with Crippen molar-refractivity contribution in [2.24, 2.45) is 0 Å². The first-order valence-electron chi connectivity index (χ1n) is 9.94. The van der Waals surface area contributed by atoms with Crippen LogP contribution in [0.1, 0.15) is 31.1 Å². The van der Waals surface area contributed by atoms with Gasteiger partial charge >= 0.3 is 0 Å². The number of amides is 1. The maximum absolute atomic E-state index is 14.6. The lowest BCUT2D eigenvalue weighted by molar-refractivity contribution is 0.0984. The second kappa shape index (κ2) is 8.93. The van der Waals surface area contributed by atoms with Crippen molar-refractivity contribution >= 4 is 32.4 Å². The van der Waals surface area contributed by atoms with Gasteiger partial charge in [-0.2, -0.15) is 4.31 Å². The van der Waals surface area contributed by atoms with Gasteiger partial charge < -0.3 is 4.90 Å². The summed E-state index contributed by atoms with van der Waals surface area (Å²) in [7, 11) is -3.81. The van der Waals surface area contributed by atoms with Crippen molar-refractivity contribution < 1.29 is 17.6 Å². The van der Waals surface area contributed by atoms with Crippen molar-refractivity contribution in [3.63, 3.8) is 0 Å². The molecule has 0 bridgehead atoms. The Labute approximate surface area is 176 Å². The van der Waals surface area contributed by atoms with Crippen LogP contribution in [0.4, 0.5) is 10.1 Å². The summed E-state index contributed by atoms with van der Waals surface area (Å²) in [5.74, 6) is -1.33. The van der Waals surface area contributed by atoms with Gasteiger partial charge in [-0.05, 0) is 36.6 Å². The first-order valence-corrected chi connectivity index (χ1v) is 11.4. The number of nitrogens with zero attached hydrogens (tertiary/aromatic N) is 2. The van der Waals surface area contributed by atoms with Crippen LogP contribution in [0.15, 0.2) is 65.6 Å². The lowest BCUT2D eigenvalue weighted by Gasteiger charge is -2.24. The van der Waals surface area contributed by atoms with Crippen LogP contribution in [0.5, 0.6) is 0 Å². The second-order valence-corrected chi connectivity index (χ2v) is 8.72. The minimum absolute atomic E-state index is 0.0927. The second-order valence-electron chi connectivity index (χ2n) is 6.78. The molecule has 0 aliphatic rings. The molecule has 0 saturated carbocycles. The number of halogens is 1. The van der Waals surface area contributed by atoms with Gasteiger partial charge in [0.05, 0.1) is 16.1 Å². The zero-order valence-corrected chi connectivity index (χ0v) is 18.1. The van der Waals surface area contributed by atoms with Gasteiger partial charge in [0.15, 0.2) is 0 Å². The normalized spacial score (nSPS) is 11.8. The van der Waals surface area contributed by atoms with E-state index >= 15 is 0 Å². The van der Waals surface area contributed by atoms with Crippen LogP contribution in [0, 0.1) is 5.82 Å². The number of fused-ring (bicyclic) bond motifs is 1. The quantitative estimate of drug-likeness (QED) is 0.549. The molecule has 0 aromatic heterocycles. The maximum Gasteiger partial charge on any atom is 0.261 e. The van der Waals surface area contributed by atoms with Gasteiger partial charge in [-0.3, -0.25) is 4.79 Å². The van der Waals surface area contributed by atoms with E-state index < -0.39 is 21.7 Å². The summed E-state index contributed by atoms with van der Waals surface area (Å²) in [6.07, 6.45) is 0. The zero-order valence-electron chi connectivity index (χ0n) is 17.3. The third-order valence-electron chi connectivity index (χ3n) is 5.13. The highest BCUT2D eigenvalue weighted by Crippen LogP contribution is 2.29. The van der Waals surface area contributed by atoms with Crippen LogP contribution >= 0.6 is 0 Å². The van der Waals surface area contributed by atoms with Crippen molar-refractivity contribution in [3.05, 3.63) is 72.0 Å². The Morgan fingerprint density at radius 1 is 0.900 bits per heavy atom. The van der Waals surface area contributed by atoms with E-state index in [4.69, 9.17) is 0 Å². The molecule has 30 heavy (non-hydrogen) atoms. The highest BCUT2D eigenvalue weighted by Gasteiger charge is 2.26. The lowest BCUT2D eigenvalue weighted by atomic mass is 10.1. The summed E-state index contributed by atoms with van der Waals surface area (Å²) in [6, 6.07) is 16.6. The number of hydrogen-bond acceptors (Lipinski definition) is 3. The third-order valence-corrected chi connectivity index (χ3v) is 7.18. The molecule has 0 atom stereocenters. The Morgan fingerprint density at radius 3 is 2.23 bits per heavy atom. The van der Waals surface area contributed by atoms with E-state index in [1.54, 1.807) is 26.8 Å². The van der Waals surface area contributed by atoms with Crippen LogP contribution in [0.2, 0.25) is 0 Å². The highest BCUT2D eigenvalue weighted by atomic mass is 32.2. The summed E-state index contributed by atoms with van der Waals surface area (Å²) in [5.41, 5.74) is 0.384. The number of carbonyl (C=O) groups is 1. The van der Waals surface area contributed by atoms with Gasteiger partial charge in [0, 0.05) is 25.0 Å². The van der Waals surface area contributed by atoms with E-state index in [1.807, 2.05) is 36.4 Å². The predicted molar refractivity (Wildman–Crippen MR) is 118 cm³/mol. The van der Waals surface area contributed by atoms with Gasteiger partial charge in [-0.25, -0.2) is 12.8 Å². The molecule has 158 valence electrons. The molecular formula is C23H25FN2O3S. The van der Waals surface area contributed by atoms with Crippen LogP contribution < -0.4 is 4.90 Å². The van der Waals surface area contributed by atoms with Crippen LogP contribution in [0.3, 0.4) is 0 Å². The number of carbonyl (C=O) groups excluding carboxylic acids is 1. The molecule has 0 unspecified atom stereocenters. The Morgan fingerprint density at radius 2 is 1.57 bits per heavy atom. The largest absolute Gasteiger partial charge is 0.308 e. The summed E-state index contributed by atoms with van der Waals surface area (Å²) in [6.45, 7) is 6.15. The van der Waals surface area contributed by atoms with Crippen molar-refractivity contribution in [3.8, 4) is 0 Å². The topological polar surface area (TPSA) is 57.7 Å². The smallest absolute Gasteiger partial charge is 0.261 e. The van der Waals surface area contributed by atoms with E-state index in [2.05, 4.69) is 0 Å². The molecule has 0 heterocycles. The predicted octanol–water partition coefficient (Wildman–Crippen LogP) is 4.68. The van der Waals surface area contributed by atoms with E-state index in [0.717, 1.165) is 22.9 Å². The Kier molecular flexibility index (Phi) is 6.53. The molecule has 0 saturated heterocycles. The number of sulfonamides is 1. The molecule has 5 nitrogen and oxygen atoms in total. The fourth-order valence-electron chi connectivity index (χ4n) is 3.55. The molecule has 0 aliphatic heterocycles. The van der Waals surface area contributed by atoms with Gasteiger partial charge in [-0.15, -0.1) is 0 Å². The molecule has 0 aliphatic carbocycles. The zero-order chi connectivity index (χ0) is 21.9. The number of benzene rings is 3. The van der Waals surface area contributed by atoms with E-state index in [1.165, 1.54) is 15.3 Å². The molecule has 3 aromatic rings. The molecule has 1 amide bonds. The monoisotopic (exact) mass is 428 g/mol. The van der Waals surface area contributed by atoms with E-state index in [0.29, 0.717) is 12.2 Å². The highest BCUT2D eigenvalue weighted by molar-refractivity contribution is 7.89. The summed E-state index contributed by atoms with van der Waals surface area (Å²) >= 11 is 0. The van der Waals surface area contributed by atoms with Crippen LogP contribution in [-0.2, 0) is 10.0 Å². The molecule has 3 aromatic carbocycles. The van der Waals surface area contributed by atoms with Gasteiger partial charge in [-0.1, -0.05) is 50.2 Å². The molecule has 0 fully saturated rings. The minimum atomic E-state index is -3.81. The van der Waals surface area contributed by atoms with Crippen molar-refractivity contribution in [1.82, 2.24) is 4.31 Å². The standard InChI is InChI=1S/C23H25FN2O3S/c1-4-25(5-2)30(28,29)18-14-15-21(24)20(16-18)23(27)26(6-3)22-13-9-11-17-10-7-8-12-19(17)22/h7-16H,4-6H2,1-3H3.